The average Bonchev–Trinajstić information content (AvgIpc) is 2.68. The number of hydrazone groups is 2. The lowest BCUT2D eigenvalue weighted by atomic mass is 9.81. The van der Waals surface area contributed by atoms with Crippen LogP contribution in [0.2, 0.25) is 0 Å². The number of nitrogens with zero attached hydrogens (tertiary/aromatic N) is 2. The fourth-order valence-corrected chi connectivity index (χ4v) is 6.01. The third-order valence-corrected chi connectivity index (χ3v) is 6.67. The molecule has 0 spiro atoms. The van der Waals surface area contributed by atoms with Crippen LogP contribution in [-0.2, 0) is 9.59 Å². The van der Waals surface area contributed by atoms with Gasteiger partial charge in [-0.25, -0.2) is 10.9 Å². The normalized spacial score (nSPS) is 22.0. The van der Waals surface area contributed by atoms with E-state index in [9.17, 15) is 9.59 Å². The van der Waals surface area contributed by atoms with Gasteiger partial charge in [0.25, 0.3) is 0 Å². The molecule has 2 amide bonds. The molecule has 0 aromatic rings. The van der Waals surface area contributed by atoms with Crippen LogP contribution in [0.4, 0.5) is 0 Å². The van der Waals surface area contributed by atoms with Gasteiger partial charge in [-0.05, 0) is 68.2 Å². The Morgan fingerprint density at radius 3 is 1.17 bits per heavy atom. The minimum absolute atomic E-state index is 0.00421. The first-order valence-electron chi connectivity index (χ1n) is 13.8. The molecule has 2 aliphatic heterocycles. The van der Waals surface area contributed by atoms with Crippen molar-refractivity contribution in [2.75, 3.05) is 0 Å². The summed E-state index contributed by atoms with van der Waals surface area (Å²) in [7, 11) is 0. The standard InChI is InChI=1S/C28H52N6O2/c1-25(2)17-21(18-26(3,4)33-25)29-31-23(35)15-13-11-9-10-12-14-16-24(36)32-30-22-19-27(5,6)34-28(7,8)20-22/h33-34H,9-20H2,1-8H3,(H,31,35)(H,32,36). The van der Waals surface area contributed by atoms with Gasteiger partial charge in [-0.15, -0.1) is 0 Å². The summed E-state index contributed by atoms with van der Waals surface area (Å²) < 4.78 is 0. The van der Waals surface area contributed by atoms with Gasteiger partial charge in [0.05, 0.1) is 0 Å². The lowest BCUT2D eigenvalue weighted by Crippen LogP contribution is -2.58. The molecule has 36 heavy (non-hydrogen) atoms. The number of hydrogen-bond donors (Lipinski definition) is 4. The Morgan fingerprint density at radius 1 is 0.583 bits per heavy atom. The summed E-state index contributed by atoms with van der Waals surface area (Å²) in [5, 5.41) is 16.1. The molecule has 2 aliphatic rings. The van der Waals surface area contributed by atoms with Crippen molar-refractivity contribution < 1.29 is 9.59 Å². The van der Waals surface area contributed by atoms with Gasteiger partial charge in [-0.2, -0.15) is 10.2 Å². The molecular weight excluding hydrogens is 452 g/mol. The third kappa shape index (κ3) is 12.0. The van der Waals surface area contributed by atoms with E-state index in [4.69, 9.17) is 0 Å². The van der Waals surface area contributed by atoms with Gasteiger partial charge in [-0.3, -0.25) is 9.59 Å². The summed E-state index contributed by atoms with van der Waals surface area (Å²) in [6.07, 6.45) is 10.3. The zero-order valence-corrected chi connectivity index (χ0v) is 24.2. The fraction of sp³-hybridized carbons (Fsp3) is 0.857. The largest absolute Gasteiger partial charge is 0.306 e. The second-order valence-electron chi connectivity index (χ2n) is 13.5. The van der Waals surface area contributed by atoms with E-state index < -0.39 is 0 Å². The van der Waals surface area contributed by atoms with Gasteiger partial charge < -0.3 is 10.6 Å². The maximum Gasteiger partial charge on any atom is 0.240 e. The number of carbonyl (C=O) groups excluding carboxylic acids is 2. The van der Waals surface area contributed by atoms with Crippen LogP contribution in [0, 0.1) is 0 Å². The molecule has 0 aromatic heterocycles. The van der Waals surface area contributed by atoms with E-state index in [0.29, 0.717) is 12.8 Å². The average molecular weight is 505 g/mol. The lowest BCUT2D eigenvalue weighted by Gasteiger charge is -2.43. The minimum atomic E-state index is -0.0127. The summed E-state index contributed by atoms with van der Waals surface area (Å²) in [6.45, 7) is 17.4. The van der Waals surface area contributed by atoms with Crippen LogP contribution in [0.1, 0.15) is 132 Å². The van der Waals surface area contributed by atoms with Gasteiger partial charge in [0.1, 0.15) is 0 Å². The molecule has 0 saturated carbocycles. The third-order valence-electron chi connectivity index (χ3n) is 6.67. The van der Waals surface area contributed by atoms with Crippen molar-refractivity contribution in [3.63, 3.8) is 0 Å². The van der Waals surface area contributed by atoms with E-state index in [1.165, 1.54) is 0 Å². The second kappa shape index (κ2) is 12.6. The smallest absolute Gasteiger partial charge is 0.240 e. The van der Waals surface area contributed by atoms with E-state index in [1.54, 1.807) is 0 Å². The Balaban J connectivity index is 1.53. The first-order valence-corrected chi connectivity index (χ1v) is 13.8. The van der Waals surface area contributed by atoms with E-state index in [2.05, 4.69) is 87.1 Å². The summed E-state index contributed by atoms with van der Waals surface area (Å²) in [4.78, 5) is 24.3. The summed E-state index contributed by atoms with van der Waals surface area (Å²) in [6, 6.07) is 0. The van der Waals surface area contributed by atoms with Crippen molar-refractivity contribution in [3.05, 3.63) is 0 Å². The molecule has 2 fully saturated rings. The SMILES string of the molecule is CC1(C)CC(=NNC(=O)CCCCCCCCC(=O)NN=C2CC(C)(C)NC(C)(C)C2)CC(C)(C)N1. The molecule has 2 heterocycles. The monoisotopic (exact) mass is 504 g/mol. The van der Waals surface area contributed by atoms with Crippen LogP contribution >= 0.6 is 0 Å². The Morgan fingerprint density at radius 2 is 0.861 bits per heavy atom. The van der Waals surface area contributed by atoms with Gasteiger partial charge in [0, 0.05) is 72.1 Å². The van der Waals surface area contributed by atoms with Crippen LogP contribution in [0.3, 0.4) is 0 Å². The molecular formula is C28H52N6O2. The highest BCUT2D eigenvalue weighted by Crippen LogP contribution is 2.27. The van der Waals surface area contributed by atoms with E-state index in [0.717, 1.165) is 75.6 Å². The Hall–Kier alpha value is -1.80. The zero-order valence-electron chi connectivity index (χ0n) is 24.2. The first kappa shape index (κ1) is 30.4. The van der Waals surface area contributed by atoms with Crippen molar-refractivity contribution in [2.24, 2.45) is 10.2 Å². The summed E-state index contributed by atoms with van der Waals surface area (Å²) in [5.74, 6) is -0.00841. The summed E-state index contributed by atoms with van der Waals surface area (Å²) in [5.41, 5.74) is 7.57. The van der Waals surface area contributed by atoms with E-state index in [1.807, 2.05) is 0 Å². The number of hydrogen-bond acceptors (Lipinski definition) is 6. The molecule has 0 unspecified atom stereocenters. The van der Waals surface area contributed by atoms with Gasteiger partial charge >= 0.3 is 0 Å². The maximum atomic E-state index is 12.2. The van der Waals surface area contributed by atoms with Crippen molar-refractivity contribution >= 4 is 23.2 Å². The number of piperidine rings is 2. The number of unbranched alkanes of at least 4 members (excludes halogenated alkanes) is 5. The molecule has 2 rings (SSSR count). The topological polar surface area (TPSA) is 107 Å². The molecule has 0 bridgehead atoms. The molecule has 8 nitrogen and oxygen atoms in total. The fourth-order valence-electron chi connectivity index (χ4n) is 6.01. The quantitative estimate of drug-likeness (QED) is 0.236. The van der Waals surface area contributed by atoms with Crippen LogP contribution in [0.15, 0.2) is 10.2 Å². The lowest BCUT2D eigenvalue weighted by molar-refractivity contribution is -0.122. The molecule has 0 aliphatic carbocycles. The van der Waals surface area contributed by atoms with Crippen LogP contribution < -0.4 is 21.5 Å². The minimum Gasteiger partial charge on any atom is -0.306 e. The van der Waals surface area contributed by atoms with Crippen LogP contribution in [-0.4, -0.2) is 45.4 Å². The van der Waals surface area contributed by atoms with Gasteiger partial charge in [-0.1, -0.05) is 25.7 Å². The zero-order chi connectivity index (χ0) is 27.0. The second-order valence-corrected chi connectivity index (χ2v) is 13.5. The number of rotatable bonds is 11. The highest BCUT2D eigenvalue weighted by atomic mass is 16.2. The molecule has 0 radical (unpaired) electrons. The Kier molecular flexibility index (Phi) is 10.7. The predicted molar refractivity (Wildman–Crippen MR) is 149 cm³/mol. The maximum absolute atomic E-state index is 12.2. The van der Waals surface area contributed by atoms with Gasteiger partial charge in [0.15, 0.2) is 0 Å². The highest BCUT2D eigenvalue weighted by Gasteiger charge is 2.36. The first-order chi connectivity index (χ1) is 16.6. The molecule has 0 atom stereocenters. The van der Waals surface area contributed by atoms with Crippen LogP contribution in [0.5, 0.6) is 0 Å². The highest BCUT2D eigenvalue weighted by molar-refractivity contribution is 5.89. The summed E-state index contributed by atoms with van der Waals surface area (Å²) >= 11 is 0. The van der Waals surface area contributed by atoms with Crippen molar-refractivity contribution in [3.8, 4) is 0 Å². The van der Waals surface area contributed by atoms with E-state index >= 15 is 0 Å². The molecule has 0 aromatic carbocycles. The van der Waals surface area contributed by atoms with Crippen LogP contribution in [0.25, 0.3) is 0 Å². The number of carbonyl (C=O) groups is 2. The van der Waals surface area contributed by atoms with Crippen molar-refractivity contribution in [1.29, 1.82) is 0 Å². The molecule has 2 saturated heterocycles. The molecule has 8 heteroatoms. The van der Waals surface area contributed by atoms with Crippen molar-refractivity contribution in [2.45, 2.75) is 155 Å². The predicted octanol–water partition coefficient (Wildman–Crippen LogP) is 4.93. The number of nitrogens with one attached hydrogen (secondary N) is 4. The molecule has 206 valence electrons. The molecule has 4 N–H and O–H groups in total. The Bertz CT molecular complexity index is 722. The van der Waals surface area contributed by atoms with Crippen molar-refractivity contribution in [1.82, 2.24) is 21.5 Å². The number of amides is 2. The Labute approximate surface area is 219 Å². The van der Waals surface area contributed by atoms with Gasteiger partial charge in [0.2, 0.25) is 11.8 Å². The van der Waals surface area contributed by atoms with E-state index in [-0.39, 0.29) is 34.0 Å².